The quantitative estimate of drug-likeness (QED) is 0.506. The van der Waals surface area contributed by atoms with E-state index in [1.54, 1.807) is 0 Å². The molecule has 0 aliphatic heterocycles. The van der Waals surface area contributed by atoms with Crippen molar-refractivity contribution >= 4 is 18.9 Å². The monoisotopic (exact) mass is 358 g/mol. The summed E-state index contributed by atoms with van der Waals surface area (Å²) in [5.41, 5.74) is 0. The van der Waals surface area contributed by atoms with Crippen LogP contribution in [-0.2, 0) is 56.7 Å². The van der Waals surface area contributed by atoms with E-state index in [4.69, 9.17) is 0 Å². The van der Waals surface area contributed by atoms with Gasteiger partial charge in [-0.2, -0.15) is 0 Å². The number of rotatable bonds is 0. The van der Waals surface area contributed by atoms with E-state index in [1.165, 1.54) is 0 Å². The van der Waals surface area contributed by atoms with Gasteiger partial charge in [-0.3, -0.25) is 0 Å². The van der Waals surface area contributed by atoms with Crippen molar-refractivity contribution in [1.29, 1.82) is 0 Å². The third-order valence-corrected chi connectivity index (χ3v) is 0. The zero-order valence-corrected chi connectivity index (χ0v) is 6.38. The Morgan fingerprint density at radius 1 is 1.00 bits per heavy atom. The van der Waals surface area contributed by atoms with Crippen molar-refractivity contribution in [3.05, 3.63) is 0 Å². The third-order valence-electron chi connectivity index (χ3n) is 0. The number of hydrogen-bond donors (Lipinski definition) is 0. The molecule has 0 rings (SSSR count). The summed E-state index contributed by atoms with van der Waals surface area (Å²) in [7, 11) is 0. The maximum atomic E-state index is 0. The van der Waals surface area contributed by atoms with Crippen LogP contribution in [0.25, 0.3) is 0 Å². The fourth-order valence-corrected chi connectivity index (χ4v) is 0. The zero-order valence-electron chi connectivity index (χ0n) is 1.06. The van der Waals surface area contributed by atoms with Crippen molar-refractivity contribution in [3.8, 4) is 0 Å². The first-order chi connectivity index (χ1) is 0. The van der Waals surface area contributed by atoms with Gasteiger partial charge in [0.25, 0.3) is 0 Å². The van der Waals surface area contributed by atoms with Crippen LogP contribution in [0.4, 0.5) is 0 Å². The third kappa shape index (κ3) is 8.83. The van der Waals surface area contributed by atoms with Crippen LogP contribution in [0.15, 0.2) is 0 Å². The molecule has 0 amide bonds. The van der Waals surface area contributed by atoms with Gasteiger partial charge in [-0.15, -0.1) is 0 Å². The van der Waals surface area contributed by atoms with Crippen molar-refractivity contribution in [2.24, 2.45) is 0 Å². The second kappa shape index (κ2) is 18.2. The summed E-state index contributed by atoms with van der Waals surface area (Å²) in [6, 6.07) is 0. The molecule has 0 aliphatic rings. The van der Waals surface area contributed by atoms with Crippen LogP contribution in [0.5, 0.6) is 0 Å². The van der Waals surface area contributed by atoms with E-state index in [9.17, 15) is 0 Å². The molecule has 0 aromatic rings. The van der Waals surface area contributed by atoms with E-state index in [-0.39, 0.29) is 75.5 Å². The molecule has 0 nitrogen and oxygen atoms in total. The molecular formula is HIrLiMnRu. The summed E-state index contributed by atoms with van der Waals surface area (Å²) in [5, 5.41) is 0. The van der Waals surface area contributed by atoms with Gasteiger partial charge in [-0.1, -0.05) is 0 Å². The average Bonchev–Trinajstić information content (AvgIpc) is 0. The molecule has 0 aromatic carbocycles. The molecule has 0 N–H and O–H groups in total. The van der Waals surface area contributed by atoms with Crippen molar-refractivity contribution in [3.63, 3.8) is 0 Å². The Kier molecular flexibility index (Phi) is 148. The predicted octanol–water partition coefficient (Wildman–Crippen LogP) is -0.656. The minimum Gasteiger partial charge on any atom is 0 e. The molecule has 0 atom stereocenters. The normalized spacial score (nSPS) is 0. The first kappa shape index (κ1) is 32.5. The summed E-state index contributed by atoms with van der Waals surface area (Å²) < 4.78 is 0. The molecule has 0 spiro atoms. The molecule has 0 fully saturated rings. The molecule has 4 heavy (non-hydrogen) atoms. The van der Waals surface area contributed by atoms with E-state index in [0.717, 1.165) is 0 Å². The van der Waals surface area contributed by atoms with Crippen LogP contribution < -0.4 is 0 Å². The molecule has 0 aromatic heterocycles. The Balaban J connectivity index is 0. The van der Waals surface area contributed by atoms with Crippen molar-refractivity contribution in [1.82, 2.24) is 0 Å². The smallest absolute Gasteiger partial charge is 0 e. The van der Waals surface area contributed by atoms with Gasteiger partial charge in [0.05, 0.1) is 0 Å². The molecule has 2 radical (unpaired) electrons. The standard InChI is InChI=1S/Ir.Li.Mn.Ru.H. The van der Waals surface area contributed by atoms with E-state index in [1.807, 2.05) is 0 Å². The maximum Gasteiger partial charge on any atom is 0 e. The molecule has 0 saturated carbocycles. The topological polar surface area (TPSA) is 0 Å². The molecule has 0 aliphatic carbocycles. The Hall–Kier alpha value is 2.39. The minimum absolute atomic E-state index is 0. The summed E-state index contributed by atoms with van der Waals surface area (Å²) in [6.45, 7) is 0. The first-order valence-electron chi connectivity index (χ1n) is 0. The minimum atomic E-state index is 0. The van der Waals surface area contributed by atoms with E-state index >= 15 is 0 Å². The fraction of sp³-hybridized carbons (Fsp3) is 0. The van der Waals surface area contributed by atoms with Crippen LogP contribution in [0, 0.1) is 0 Å². The first-order valence-corrected chi connectivity index (χ1v) is 0. The molecule has 0 saturated heterocycles. The van der Waals surface area contributed by atoms with Crippen molar-refractivity contribution < 1.29 is 56.7 Å². The van der Waals surface area contributed by atoms with Crippen molar-refractivity contribution in [2.75, 3.05) is 0 Å². The maximum absolute atomic E-state index is 0. The predicted molar refractivity (Wildman–Crippen MR) is 7.15 cm³/mol. The Morgan fingerprint density at radius 3 is 1.00 bits per heavy atom. The van der Waals surface area contributed by atoms with E-state index in [0.29, 0.717) is 0 Å². The summed E-state index contributed by atoms with van der Waals surface area (Å²) in [6.07, 6.45) is 0. The van der Waals surface area contributed by atoms with E-state index in [2.05, 4.69) is 0 Å². The SMILES string of the molecule is [Ir].[LiH].[Mn].[Ru]. The Morgan fingerprint density at radius 2 is 1.00 bits per heavy atom. The molecular weight excluding hydrogens is 355 g/mol. The molecule has 0 unspecified atom stereocenters. The zero-order chi connectivity index (χ0) is 0. The second-order valence-corrected chi connectivity index (χ2v) is 0. The number of hydrogen-bond acceptors (Lipinski definition) is 0. The van der Waals surface area contributed by atoms with Crippen LogP contribution >= 0.6 is 0 Å². The molecule has 0 bridgehead atoms. The Bertz CT molecular complexity index is 8.00. The summed E-state index contributed by atoms with van der Waals surface area (Å²) in [5.74, 6) is 0. The van der Waals surface area contributed by atoms with Gasteiger partial charge in [0.2, 0.25) is 0 Å². The van der Waals surface area contributed by atoms with Gasteiger partial charge in [0, 0.05) is 56.7 Å². The summed E-state index contributed by atoms with van der Waals surface area (Å²) >= 11 is 0. The van der Waals surface area contributed by atoms with Crippen LogP contribution in [0.2, 0.25) is 0 Å². The van der Waals surface area contributed by atoms with Crippen LogP contribution in [0.3, 0.4) is 0 Å². The molecule has 4 heteroatoms. The molecule has 0 heterocycles. The van der Waals surface area contributed by atoms with Gasteiger partial charge < -0.3 is 0 Å². The van der Waals surface area contributed by atoms with Crippen LogP contribution in [0.1, 0.15) is 0 Å². The second-order valence-electron chi connectivity index (χ2n) is 0. The van der Waals surface area contributed by atoms with Gasteiger partial charge in [0.15, 0.2) is 0 Å². The van der Waals surface area contributed by atoms with E-state index < -0.39 is 0 Å². The largest absolute Gasteiger partial charge is 0 e. The van der Waals surface area contributed by atoms with Gasteiger partial charge in [-0.25, -0.2) is 0 Å². The average molecular weight is 356 g/mol. The van der Waals surface area contributed by atoms with Crippen molar-refractivity contribution in [2.45, 2.75) is 0 Å². The summed E-state index contributed by atoms with van der Waals surface area (Å²) in [4.78, 5) is 0. The Labute approximate surface area is 74.6 Å². The fourth-order valence-electron chi connectivity index (χ4n) is 0. The van der Waals surface area contributed by atoms with Gasteiger partial charge in [0.1, 0.15) is 0 Å². The van der Waals surface area contributed by atoms with Crippen LogP contribution in [-0.4, -0.2) is 18.9 Å². The van der Waals surface area contributed by atoms with Gasteiger partial charge in [-0.05, 0) is 0 Å². The molecule has 26 valence electrons. The van der Waals surface area contributed by atoms with Gasteiger partial charge >= 0.3 is 18.9 Å².